The molecule has 1 aromatic heterocycles. The lowest BCUT2D eigenvalue weighted by atomic mass is 10.0. The Labute approximate surface area is 146 Å². The monoisotopic (exact) mass is 339 g/mol. The van der Waals surface area contributed by atoms with Crippen molar-refractivity contribution in [2.75, 3.05) is 20.3 Å². The Bertz CT molecular complexity index is 929. The number of nitrogens with one attached hydrogen (secondary N) is 1. The van der Waals surface area contributed by atoms with Crippen LogP contribution in [0.25, 0.3) is 22.0 Å². The van der Waals surface area contributed by atoms with Crippen LogP contribution in [0.15, 0.2) is 47.4 Å². The molecule has 5 nitrogen and oxygen atoms in total. The van der Waals surface area contributed by atoms with Gasteiger partial charge in [0.15, 0.2) is 0 Å². The summed E-state index contributed by atoms with van der Waals surface area (Å²) in [5.74, 6) is 1.94. The molecule has 1 heterocycles. The highest BCUT2D eigenvalue weighted by molar-refractivity contribution is 5.92. The van der Waals surface area contributed by atoms with Crippen LogP contribution in [0.5, 0.6) is 17.2 Å². The fraction of sp³-hybridized carbons (Fsp3) is 0.250. The van der Waals surface area contributed by atoms with Crippen LogP contribution in [-0.2, 0) is 0 Å². The summed E-state index contributed by atoms with van der Waals surface area (Å²) in [6.45, 7) is 4.80. The van der Waals surface area contributed by atoms with E-state index in [9.17, 15) is 4.79 Å². The Hall–Kier alpha value is -2.95. The van der Waals surface area contributed by atoms with Gasteiger partial charge in [-0.3, -0.25) is 4.79 Å². The van der Waals surface area contributed by atoms with Crippen molar-refractivity contribution in [3.05, 3.63) is 52.8 Å². The lowest BCUT2D eigenvalue weighted by Gasteiger charge is -2.13. The SMILES string of the molecule is CCOc1ccc(OCC)c2c(=O)c(-c3ccc(OC)cc3)c[nH]c12. The quantitative estimate of drug-likeness (QED) is 0.737. The third-order valence-electron chi connectivity index (χ3n) is 3.96. The molecular formula is C20H21NO4. The number of ether oxygens (including phenoxy) is 3. The van der Waals surface area contributed by atoms with Crippen molar-refractivity contribution in [1.82, 2.24) is 4.98 Å². The lowest BCUT2D eigenvalue weighted by Crippen LogP contribution is -2.10. The normalized spacial score (nSPS) is 10.7. The number of rotatable bonds is 6. The zero-order valence-electron chi connectivity index (χ0n) is 14.6. The van der Waals surface area contributed by atoms with Gasteiger partial charge in [-0.05, 0) is 43.7 Å². The maximum absolute atomic E-state index is 13.1. The predicted molar refractivity (Wildman–Crippen MR) is 98.9 cm³/mol. The van der Waals surface area contributed by atoms with Crippen LogP contribution in [0.2, 0.25) is 0 Å². The third-order valence-corrected chi connectivity index (χ3v) is 3.96. The zero-order chi connectivity index (χ0) is 17.8. The van der Waals surface area contributed by atoms with Gasteiger partial charge < -0.3 is 19.2 Å². The smallest absolute Gasteiger partial charge is 0.201 e. The molecule has 0 radical (unpaired) electrons. The van der Waals surface area contributed by atoms with E-state index in [0.29, 0.717) is 41.2 Å². The summed E-state index contributed by atoms with van der Waals surface area (Å²) < 4.78 is 16.5. The molecule has 0 aliphatic heterocycles. The molecule has 0 spiro atoms. The van der Waals surface area contributed by atoms with Crippen LogP contribution in [0, 0.1) is 0 Å². The van der Waals surface area contributed by atoms with Gasteiger partial charge in [0.1, 0.15) is 17.2 Å². The average molecular weight is 339 g/mol. The predicted octanol–water partition coefficient (Wildman–Crippen LogP) is 4.00. The van der Waals surface area contributed by atoms with Gasteiger partial charge in [0.25, 0.3) is 0 Å². The van der Waals surface area contributed by atoms with Gasteiger partial charge in [-0.1, -0.05) is 12.1 Å². The molecule has 0 bridgehead atoms. The number of hydrogen-bond donors (Lipinski definition) is 1. The molecule has 0 aliphatic rings. The van der Waals surface area contributed by atoms with E-state index in [2.05, 4.69) is 4.98 Å². The molecule has 0 saturated carbocycles. The molecule has 5 heteroatoms. The van der Waals surface area contributed by atoms with Crippen LogP contribution >= 0.6 is 0 Å². The highest BCUT2D eigenvalue weighted by Gasteiger charge is 2.15. The lowest BCUT2D eigenvalue weighted by molar-refractivity contribution is 0.336. The van der Waals surface area contributed by atoms with Crippen molar-refractivity contribution in [3.63, 3.8) is 0 Å². The van der Waals surface area contributed by atoms with Crippen molar-refractivity contribution in [2.45, 2.75) is 13.8 Å². The van der Waals surface area contributed by atoms with E-state index in [1.54, 1.807) is 19.4 Å². The van der Waals surface area contributed by atoms with Gasteiger partial charge in [-0.15, -0.1) is 0 Å². The van der Waals surface area contributed by atoms with Crippen LogP contribution < -0.4 is 19.6 Å². The van der Waals surface area contributed by atoms with Crippen molar-refractivity contribution in [1.29, 1.82) is 0 Å². The Morgan fingerprint density at radius 3 is 2.20 bits per heavy atom. The number of fused-ring (bicyclic) bond motifs is 1. The molecule has 3 aromatic rings. The molecule has 130 valence electrons. The summed E-state index contributed by atoms with van der Waals surface area (Å²) in [6, 6.07) is 11.0. The first kappa shape index (κ1) is 16.9. The highest BCUT2D eigenvalue weighted by Crippen LogP contribution is 2.31. The van der Waals surface area contributed by atoms with E-state index >= 15 is 0 Å². The largest absolute Gasteiger partial charge is 0.497 e. The number of pyridine rings is 1. The fourth-order valence-corrected chi connectivity index (χ4v) is 2.81. The molecule has 0 saturated heterocycles. The topological polar surface area (TPSA) is 60.6 Å². The molecule has 0 atom stereocenters. The van der Waals surface area contributed by atoms with Crippen LogP contribution in [0.3, 0.4) is 0 Å². The fourth-order valence-electron chi connectivity index (χ4n) is 2.81. The van der Waals surface area contributed by atoms with Gasteiger partial charge in [-0.2, -0.15) is 0 Å². The highest BCUT2D eigenvalue weighted by atomic mass is 16.5. The number of benzene rings is 2. The van der Waals surface area contributed by atoms with E-state index in [1.807, 2.05) is 44.2 Å². The third kappa shape index (κ3) is 3.18. The summed E-state index contributed by atoms with van der Waals surface area (Å²) in [5.41, 5.74) is 1.94. The summed E-state index contributed by atoms with van der Waals surface area (Å²) in [6.07, 6.45) is 1.71. The Morgan fingerprint density at radius 1 is 0.920 bits per heavy atom. The number of aromatic amines is 1. The number of methoxy groups -OCH3 is 1. The van der Waals surface area contributed by atoms with Gasteiger partial charge in [0.05, 0.1) is 31.2 Å². The molecule has 25 heavy (non-hydrogen) atoms. The molecule has 1 N–H and O–H groups in total. The van der Waals surface area contributed by atoms with Crippen molar-refractivity contribution >= 4 is 10.9 Å². The van der Waals surface area contributed by atoms with Crippen molar-refractivity contribution < 1.29 is 14.2 Å². The van der Waals surface area contributed by atoms with Crippen molar-refractivity contribution in [2.24, 2.45) is 0 Å². The number of aromatic nitrogens is 1. The van der Waals surface area contributed by atoms with E-state index in [0.717, 1.165) is 11.3 Å². The second-order valence-electron chi connectivity index (χ2n) is 5.44. The summed E-state index contributed by atoms with van der Waals surface area (Å²) in [4.78, 5) is 16.4. The zero-order valence-corrected chi connectivity index (χ0v) is 14.6. The van der Waals surface area contributed by atoms with Crippen LogP contribution in [0.1, 0.15) is 13.8 Å². The van der Waals surface area contributed by atoms with E-state index < -0.39 is 0 Å². The molecule has 0 aliphatic carbocycles. The molecule has 2 aromatic carbocycles. The molecule has 0 unspecified atom stereocenters. The molecule has 0 fully saturated rings. The Morgan fingerprint density at radius 2 is 1.56 bits per heavy atom. The number of H-pyrrole nitrogens is 1. The van der Waals surface area contributed by atoms with Crippen LogP contribution in [-0.4, -0.2) is 25.3 Å². The second kappa shape index (κ2) is 7.30. The van der Waals surface area contributed by atoms with Gasteiger partial charge in [0, 0.05) is 11.8 Å². The first-order valence-electron chi connectivity index (χ1n) is 8.28. The Kier molecular flexibility index (Phi) is 4.93. The second-order valence-corrected chi connectivity index (χ2v) is 5.44. The maximum Gasteiger partial charge on any atom is 0.201 e. The standard InChI is InChI=1S/C20H21NO4/c1-4-24-16-10-11-17(25-5-2)19-18(16)20(22)15(12-21-19)13-6-8-14(23-3)9-7-13/h6-12H,4-5H2,1-3H3,(H,21,22). The molecular weight excluding hydrogens is 318 g/mol. The van der Waals surface area contributed by atoms with E-state index in [-0.39, 0.29) is 5.43 Å². The first-order chi connectivity index (χ1) is 12.2. The van der Waals surface area contributed by atoms with Gasteiger partial charge >= 0.3 is 0 Å². The summed E-state index contributed by atoms with van der Waals surface area (Å²) in [5, 5.41) is 0.501. The summed E-state index contributed by atoms with van der Waals surface area (Å²) in [7, 11) is 1.61. The number of hydrogen-bond acceptors (Lipinski definition) is 4. The Balaban J connectivity index is 2.23. The minimum absolute atomic E-state index is 0.0936. The summed E-state index contributed by atoms with van der Waals surface area (Å²) >= 11 is 0. The molecule has 0 amide bonds. The van der Waals surface area contributed by atoms with Gasteiger partial charge in [-0.25, -0.2) is 0 Å². The van der Waals surface area contributed by atoms with Crippen molar-refractivity contribution in [3.8, 4) is 28.4 Å². The first-order valence-corrected chi connectivity index (χ1v) is 8.28. The maximum atomic E-state index is 13.1. The molecule has 3 rings (SSSR count). The van der Waals surface area contributed by atoms with E-state index in [1.165, 1.54) is 0 Å². The van der Waals surface area contributed by atoms with Crippen LogP contribution in [0.4, 0.5) is 0 Å². The average Bonchev–Trinajstić information content (AvgIpc) is 2.64. The minimum atomic E-state index is -0.0936. The van der Waals surface area contributed by atoms with Gasteiger partial charge in [0.2, 0.25) is 5.43 Å². The van der Waals surface area contributed by atoms with E-state index in [4.69, 9.17) is 14.2 Å². The minimum Gasteiger partial charge on any atom is -0.497 e.